The molecule has 1 amide bonds. The second-order valence-corrected chi connectivity index (χ2v) is 5.90. The van der Waals surface area contributed by atoms with Gasteiger partial charge < -0.3 is 15.4 Å². The molecule has 0 aliphatic carbocycles. The molecule has 2 aromatic carbocycles. The van der Waals surface area contributed by atoms with Crippen LogP contribution in [0.15, 0.2) is 42.5 Å². The molecule has 0 atom stereocenters. The van der Waals surface area contributed by atoms with Crippen LogP contribution in [0.1, 0.15) is 28.7 Å². The Labute approximate surface area is 149 Å². The van der Waals surface area contributed by atoms with Gasteiger partial charge in [-0.25, -0.2) is 0 Å². The van der Waals surface area contributed by atoms with Crippen LogP contribution in [0.4, 0.5) is 0 Å². The fourth-order valence-corrected chi connectivity index (χ4v) is 2.71. The maximum atomic E-state index is 11.9. The highest BCUT2D eigenvalue weighted by atomic mass is 35.5. The molecule has 0 unspecified atom stereocenters. The molecule has 0 radical (unpaired) electrons. The van der Waals surface area contributed by atoms with E-state index < -0.39 is 0 Å². The Morgan fingerprint density at radius 1 is 1.17 bits per heavy atom. The number of nitrogens with one attached hydrogen (secondary N) is 2. The number of hydrogen-bond acceptors (Lipinski definition) is 3. The molecular formula is C19H23ClN2O2. The Balaban J connectivity index is 0.00000208. The van der Waals surface area contributed by atoms with Crippen molar-refractivity contribution in [3.05, 3.63) is 64.7 Å². The number of hydrogen-bond donors (Lipinski definition) is 2. The third kappa shape index (κ3) is 4.98. The molecule has 2 N–H and O–H groups in total. The van der Waals surface area contributed by atoms with Gasteiger partial charge in [0.2, 0.25) is 5.91 Å². The number of halogens is 1. The van der Waals surface area contributed by atoms with Crippen molar-refractivity contribution in [2.75, 3.05) is 6.61 Å². The molecule has 0 bridgehead atoms. The van der Waals surface area contributed by atoms with Gasteiger partial charge in [-0.1, -0.05) is 30.3 Å². The predicted octanol–water partition coefficient (Wildman–Crippen LogP) is 3.11. The summed E-state index contributed by atoms with van der Waals surface area (Å²) in [6.45, 7) is 4.84. The molecular weight excluding hydrogens is 324 g/mol. The minimum absolute atomic E-state index is 0. The summed E-state index contributed by atoms with van der Waals surface area (Å²) < 4.78 is 5.60. The van der Waals surface area contributed by atoms with E-state index in [9.17, 15) is 4.79 Å². The number of carbonyl (C=O) groups excluding carboxylic acids is 1. The lowest BCUT2D eigenvalue weighted by atomic mass is 10.1. The summed E-state index contributed by atoms with van der Waals surface area (Å²) >= 11 is 0. The van der Waals surface area contributed by atoms with Crippen molar-refractivity contribution >= 4 is 18.3 Å². The quantitative estimate of drug-likeness (QED) is 0.845. The fourth-order valence-electron chi connectivity index (χ4n) is 2.71. The van der Waals surface area contributed by atoms with E-state index in [1.165, 1.54) is 11.1 Å². The SMILES string of the molecule is Cc1cccc(OCCC(=O)NCc2ccc3c(c2)CNC3)c1.Cl. The first-order chi connectivity index (χ1) is 11.2. The van der Waals surface area contributed by atoms with Gasteiger partial charge in [-0.05, 0) is 41.3 Å². The average Bonchev–Trinajstić information content (AvgIpc) is 3.00. The van der Waals surface area contributed by atoms with Crippen LogP contribution in [0.3, 0.4) is 0 Å². The van der Waals surface area contributed by atoms with E-state index in [2.05, 4.69) is 28.8 Å². The number of fused-ring (bicyclic) bond motifs is 1. The molecule has 2 aromatic rings. The molecule has 0 saturated carbocycles. The standard InChI is InChI=1S/C19H22N2O2.ClH/c1-14-3-2-4-18(9-14)23-8-7-19(22)21-11-15-5-6-16-12-20-13-17(16)10-15;/h2-6,9-10,20H,7-8,11-13H2,1H3,(H,21,22);1H. The van der Waals surface area contributed by atoms with Crippen molar-refractivity contribution in [3.8, 4) is 5.75 Å². The van der Waals surface area contributed by atoms with Crippen LogP contribution in [0.25, 0.3) is 0 Å². The monoisotopic (exact) mass is 346 g/mol. The van der Waals surface area contributed by atoms with Gasteiger partial charge in [0.25, 0.3) is 0 Å². The van der Waals surface area contributed by atoms with Crippen molar-refractivity contribution in [3.63, 3.8) is 0 Å². The van der Waals surface area contributed by atoms with Crippen LogP contribution in [-0.2, 0) is 24.4 Å². The van der Waals surface area contributed by atoms with Gasteiger partial charge in [0.1, 0.15) is 5.75 Å². The highest BCUT2D eigenvalue weighted by Gasteiger charge is 2.10. The molecule has 0 fully saturated rings. The molecule has 4 nitrogen and oxygen atoms in total. The summed E-state index contributed by atoms with van der Waals surface area (Å²) in [5.74, 6) is 0.820. The molecule has 1 aliphatic rings. The first kappa shape index (κ1) is 18.3. The van der Waals surface area contributed by atoms with Gasteiger partial charge in [-0.3, -0.25) is 4.79 Å². The Morgan fingerprint density at radius 2 is 2.00 bits per heavy atom. The normalized spacial score (nSPS) is 12.2. The van der Waals surface area contributed by atoms with Crippen LogP contribution in [-0.4, -0.2) is 12.5 Å². The summed E-state index contributed by atoms with van der Waals surface area (Å²) in [4.78, 5) is 11.9. The van der Waals surface area contributed by atoms with Crippen molar-refractivity contribution in [1.82, 2.24) is 10.6 Å². The van der Waals surface area contributed by atoms with E-state index in [-0.39, 0.29) is 18.3 Å². The number of rotatable bonds is 6. The maximum absolute atomic E-state index is 11.9. The highest BCUT2D eigenvalue weighted by Crippen LogP contribution is 2.17. The molecule has 0 saturated heterocycles. The zero-order chi connectivity index (χ0) is 16.1. The number of carbonyl (C=O) groups is 1. The number of aryl methyl sites for hydroxylation is 1. The predicted molar refractivity (Wildman–Crippen MR) is 97.4 cm³/mol. The van der Waals surface area contributed by atoms with Gasteiger partial charge in [-0.15, -0.1) is 12.4 Å². The van der Waals surface area contributed by atoms with E-state index in [1.54, 1.807) is 0 Å². The van der Waals surface area contributed by atoms with E-state index >= 15 is 0 Å². The number of benzene rings is 2. The number of ether oxygens (including phenoxy) is 1. The molecule has 0 spiro atoms. The van der Waals surface area contributed by atoms with E-state index in [4.69, 9.17) is 4.74 Å². The van der Waals surface area contributed by atoms with Crippen molar-refractivity contribution in [2.45, 2.75) is 33.0 Å². The van der Waals surface area contributed by atoms with Crippen LogP contribution >= 0.6 is 12.4 Å². The summed E-state index contributed by atoms with van der Waals surface area (Å²) in [5.41, 5.74) is 4.98. The van der Waals surface area contributed by atoms with E-state index in [0.717, 1.165) is 30.0 Å². The average molecular weight is 347 g/mol. The van der Waals surface area contributed by atoms with Crippen LogP contribution in [0, 0.1) is 6.92 Å². The van der Waals surface area contributed by atoms with E-state index in [1.807, 2.05) is 31.2 Å². The largest absolute Gasteiger partial charge is 0.493 e. The number of amides is 1. The highest BCUT2D eigenvalue weighted by molar-refractivity contribution is 5.85. The smallest absolute Gasteiger partial charge is 0.223 e. The van der Waals surface area contributed by atoms with Crippen molar-refractivity contribution < 1.29 is 9.53 Å². The molecule has 24 heavy (non-hydrogen) atoms. The van der Waals surface area contributed by atoms with E-state index in [0.29, 0.717) is 19.6 Å². The first-order valence-corrected chi connectivity index (χ1v) is 7.98. The Kier molecular flexibility index (Phi) is 6.64. The zero-order valence-electron chi connectivity index (χ0n) is 13.8. The van der Waals surface area contributed by atoms with Gasteiger partial charge >= 0.3 is 0 Å². The minimum Gasteiger partial charge on any atom is -0.493 e. The summed E-state index contributed by atoms with van der Waals surface area (Å²) in [6, 6.07) is 14.2. The fraction of sp³-hybridized carbons (Fsp3) is 0.316. The summed E-state index contributed by atoms with van der Waals surface area (Å²) in [7, 11) is 0. The molecule has 5 heteroatoms. The van der Waals surface area contributed by atoms with Crippen LogP contribution in [0.2, 0.25) is 0 Å². The molecule has 1 heterocycles. The van der Waals surface area contributed by atoms with Crippen LogP contribution < -0.4 is 15.4 Å². The van der Waals surface area contributed by atoms with Gasteiger partial charge in [0.05, 0.1) is 13.0 Å². The first-order valence-electron chi connectivity index (χ1n) is 7.98. The maximum Gasteiger partial charge on any atom is 0.223 e. The van der Waals surface area contributed by atoms with Gasteiger partial charge in [0, 0.05) is 19.6 Å². The van der Waals surface area contributed by atoms with Crippen molar-refractivity contribution in [1.29, 1.82) is 0 Å². The Morgan fingerprint density at radius 3 is 2.83 bits per heavy atom. The second kappa shape index (κ2) is 8.71. The minimum atomic E-state index is 0. The topological polar surface area (TPSA) is 50.4 Å². The second-order valence-electron chi connectivity index (χ2n) is 5.90. The zero-order valence-corrected chi connectivity index (χ0v) is 14.6. The third-order valence-corrected chi connectivity index (χ3v) is 3.98. The summed E-state index contributed by atoms with van der Waals surface area (Å²) in [5, 5.41) is 6.27. The lowest BCUT2D eigenvalue weighted by Gasteiger charge is -2.09. The molecule has 1 aliphatic heterocycles. The Hall–Kier alpha value is -2.04. The lowest BCUT2D eigenvalue weighted by molar-refractivity contribution is -0.121. The summed E-state index contributed by atoms with van der Waals surface area (Å²) in [6.07, 6.45) is 0.362. The third-order valence-electron chi connectivity index (χ3n) is 3.98. The molecule has 128 valence electrons. The van der Waals surface area contributed by atoms with Gasteiger partial charge in [-0.2, -0.15) is 0 Å². The Bertz CT molecular complexity index is 704. The molecule has 0 aromatic heterocycles. The van der Waals surface area contributed by atoms with Crippen LogP contribution in [0.5, 0.6) is 5.75 Å². The van der Waals surface area contributed by atoms with Gasteiger partial charge in [0.15, 0.2) is 0 Å². The molecule has 3 rings (SSSR count). The lowest BCUT2D eigenvalue weighted by Crippen LogP contribution is -2.24. The van der Waals surface area contributed by atoms with Crippen molar-refractivity contribution in [2.24, 2.45) is 0 Å².